The Morgan fingerprint density at radius 2 is 2.09 bits per heavy atom. The number of carbonyl (C=O) groups is 1. The monoisotopic (exact) mass is 334 g/mol. The molecule has 2 unspecified atom stereocenters. The summed E-state index contributed by atoms with van der Waals surface area (Å²) in [6.07, 6.45) is 3.48. The van der Waals surface area contributed by atoms with Crippen LogP contribution in [0.5, 0.6) is 0 Å². The molecule has 3 nitrogen and oxygen atoms in total. The summed E-state index contributed by atoms with van der Waals surface area (Å²) in [6.45, 7) is 10.2. The smallest absolute Gasteiger partial charge is 0.242 e. The highest BCUT2D eigenvalue weighted by atomic mass is 35.5. The summed E-state index contributed by atoms with van der Waals surface area (Å²) in [6, 6.07) is 6.16. The number of fused-ring (bicyclic) bond motifs is 2. The van der Waals surface area contributed by atoms with Crippen molar-refractivity contribution in [3.63, 3.8) is 0 Å². The third kappa shape index (κ3) is 3.35. The molecule has 1 aliphatic carbocycles. The maximum atomic E-state index is 12.7. The number of amides is 1. The van der Waals surface area contributed by atoms with E-state index in [-0.39, 0.29) is 11.3 Å². The van der Waals surface area contributed by atoms with Gasteiger partial charge in [-0.2, -0.15) is 0 Å². The standard InChI is InChI=1S/C19H27ClN2O/c1-13-15(20)6-5-7-16(13)21-10-17(23)22-12-19(4)9-14(22)8-18(2,3)11-19/h5-7,14,21H,8-12H2,1-4H3. The molecule has 3 rings (SSSR count). The quantitative estimate of drug-likeness (QED) is 0.883. The van der Waals surface area contributed by atoms with Gasteiger partial charge in [-0.25, -0.2) is 0 Å². The van der Waals surface area contributed by atoms with Gasteiger partial charge in [-0.3, -0.25) is 4.79 Å². The summed E-state index contributed by atoms with van der Waals surface area (Å²) in [4.78, 5) is 14.9. The van der Waals surface area contributed by atoms with Crippen LogP contribution in [-0.4, -0.2) is 29.9 Å². The first-order chi connectivity index (χ1) is 10.7. The lowest BCUT2D eigenvalue weighted by Crippen LogP contribution is -2.40. The minimum atomic E-state index is 0.204. The number of benzene rings is 1. The summed E-state index contributed by atoms with van der Waals surface area (Å²) < 4.78 is 0. The number of hydrogen-bond donors (Lipinski definition) is 1. The Bertz CT molecular complexity index is 628. The van der Waals surface area contributed by atoms with Crippen LogP contribution in [0.3, 0.4) is 0 Å². The Balaban J connectivity index is 1.67. The van der Waals surface area contributed by atoms with Crippen molar-refractivity contribution in [3.8, 4) is 0 Å². The second-order valence-electron chi connectivity index (χ2n) is 8.50. The predicted molar refractivity (Wildman–Crippen MR) is 95.9 cm³/mol. The number of likely N-dealkylation sites (tertiary alicyclic amines) is 1. The van der Waals surface area contributed by atoms with E-state index in [1.165, 1.54) is 6.42 Å². The Morgan fingerprint density at radius 3 is 2.83 bits per heavy atom. The number of carbonyl (C=O) groups excluding carboxylic acids is 1. The SMILES string of the molecule is Cc1c(Cl)cccc1NCC(=O)N1CC2(C)CC1CC(C)(C)C2. The highest BCUT2D eigenvalue weighted by Gasteiger charge is 2.50. The van der Waals surface area contributed by atoms with Crippen LogP contribution in [0.2, 0.25) is 5.02 Å². The van der Waals surface area contributed by atoms with E-state index in [9.17, 15) is 4.79 Å². The molecular formula is C19H27ClN2O. The lowest BCUT2D eigenvalue weighted by molar-refractivity contribution is -0.130. The third-order valence-electron chi connectivity index (χ3n) is 5.43. The van der Waals surface area contributed by atoms with Crippen LogP contribution in [0.4, 0.5) is 5.69 Å². The van der Waals surface area contributed by atoms with Crippen LogP contribution in [0, 0.1) is 17.8 Å². The Kier molecular flexibility index (Phi) is 4.12. The van der Waals surface area contributed by atoms with Crippen LogP contribution in [0.15, 0.2) is 18.2 Å². The van der Waals surface area contributed by atoms with Crippen molar-refractivity contribution in [3.05, 3.63) is 28.8 Å². The summed E-state index contributed by atoms with van der Waals surface area (Å²) >= 11 is 6.14. The van der Waals surface area contributed by atoms with E-state index in [1.807, 2.05) is 25.1 Å². The molecule has 2 bridgehead atoms. The van der Waals surface area contributed by atoms with Gasteiger partial charge in [0.1, 0.15) is 0 Å². The number of nitrogens with zero attached hydrogens (tertiary/aromatic N) is 1. The van der Waals surface area contributed by atoms with Gasteiger partial charge in [-0.05, 0) is 54.7 Å². The normalized spacial score (nSPS) is 28.7. The van der Waals surface area contributed by atoms with E-state index in [1.54, 1.807) is 0 Å². The average Bonchev–Trinajstić information content (AvgIpc) is 2.69. The van der Waals surface area contributed by atoms with Gasteiger partial charge >= 0.3 is 0 Å². The summed E-state index contributed by atoms with van der Waals surface area (Å²) in [7, 11) is 0. The maximum absolute atomic E-state index is 12.7. The Hall–Kier alpha value is -1.22. The van der Waals surface area contributed by atoms with Crippen LogP contribution >= 0.6 is 11.6 Å². The molecule has 2 aliphatic rings. The zero-order chi connectivity index (χ0) is 16.8. The number of halogens is 1. The second kappa shape index (κ2) is 5.70. The van der Waals surface area contributed by atoms with Crippen molar-refractivity contribution >= 4 is 23.2 Å². The van der Waals surface area contributed by atoms with Crippen molar-refractivity contribution in [1.82, 2.24) is 4.90 Å². The van der Waals surface area contributed by atoms with Crippen LogP contribution < -0.4 is 5.32 Å². The molecule has 0 radical (unpaired) electrons. The topological polar surface area (TPSA) is 32.3 Å². The fourth-order valence-electron chi connectivity index (χ4n) is 4.82. The molecule has 1 aliphatic heterocycles. The fraction of sp³-hybridized carbons (Fsp3) is 0.632. The fourth-order valence-corrected chi connectivity index (χ4v) is 5.00. The average molecular weight is 335 g/mol. The first kappa shape index (κ1) is 16.6. The minimum absolute atomic E-state index is 0.204. The highest BCUT2D eigenvalue weighted by molar-refractivity contribution is 6.31. The van der Waals surface area contributed by atoms with Crippen molar-refractivity contribution in [2.24, 2.45) is 10.8 Å². The molecule has 1 saturated carbocycles. The van der Waals surface area contributed by atoms with E-state index >= 15 is 0 Å². The van der Waals surface area contributed by atoms with Gasteiger partial charge in [0.2, 0.25) is 5.91 Å². The number of nitrogens with one attached hydrogen (secondary N) is 1. The largest absolute Gasteiger partial charge is 0.376 e. The van der Waals surface area contributed by atoms with Crippen molar-refractivity contribution in [1.29, 1.82) is 0 Å². The molecule has 4 heteroatoms. The van der Waals surface area contributed by atoms with Gasteiger partial charge in [-0.15, -0.1) is 0 Å². The first-order valence-corrected chi connectivity index (χ1v) is 8.85. The lowest BCUT2D eigenvalue weighted by Gasteiger charge is -2.39. The van der Waals surface area contributed by atoms with E-state index < -0.39 is 0 Å². The van der Waals surface area contributed by atoms with E-state index in [0.29, 0.717) is 18.0 Å². The predicted octanol–water partition coefficient (Wildman–Crippen LogP) is 4.49. The van der Waals surface area contributed by atoms with Crippen molar-refractivity contribution < 1.29 is 4.79 Å². The summed E-state index contributed by atoms with van der Waals surface area (Å²) in [5.41, 5.74) is 2.56. The molecule has 0 spiro atoms. The number of anilines is 1. The molecule has 1 heterocycles. The van der Waals surface area contributed by atoms with Crippen LogP contribution in [-0.2, 0) is 4.79 Å². The minimum Gasteiger partial charge on any atom is -0.376 e. The van der Waals surface area contributed by atoms with Gasteiger partial charge in [0, 0.05) is 23.3 Å². The molecule has 2 fully saturated rings. The molecule has 0 aromatic heterocycles. The van der Waals surface area contributed by atoms with Gasteiger partial charge < -0.3 is 10.2 Å². The Labute approximate surface area is 144 Å². The second-order valence-corrected chi connectivity index (χ2v) is 8.91. The number of rotatable bonds is 3. The molecular weight excluding hydrogens is 308 g/mol. The maximum Gasteiger partial charge on any atom is 0.242 e. The van der Waals surface area contributed by atoms with E-state index in [4.69, 9.17) is 11.6 Å². The van der Waals surface area contributed by atoms with E-state index in [0.717, 1.165) is 35.7 Å². The van der Waals surface area contributed by atoms with Crippen LogP contribution in [0.1, 0.15) is 45.6 Å². The highest BCUT2D eigenvalue weighted by Crippen LogP contribution is 2.52. The van der Waals surface area contributed by atoms with Crippen molar-refractivity contribution in [2.45, 2.75) is 53.0 Å². The van der Waals surface area contributed by atoms with Gasteiger partial charge in [0.25, 0.3) is 0 Å². The van der Waals surface area contributed by atoms with Gasteiger partial charge in [-0.1, -0.05) is 38.4 Å². The number of hydrogen-bond acceptors (Lipinski definition) is 2. The molecule has 1 aromatic rings. The zero-order valence-electron chi connectivity index (χ0n) is 14.6. The summed E-state index contributed by atoms with van der Waals surface area (Å²) in [5.74, 6) is 0.204. The summed E-state index contributed by atoms with van der Waals surface area (Å²) in [5, 5.41) is 4.00. The lowest BCUT2D eigenvalue weighted by atomic mass is 9.65. The molecule has 2 atom stereocenters. The molecule has 126 valence electrons. The zero-order valence-corrected chi connectivity index (χ0v) is 15.3. The molecule has 1 amide bonds. The molecule has 1 saturated heterocycles. The van der Waals surface area contributed by atoms with E-state index in [2.05, 4.69) is 31.0 Å². The third-order valence-corrected chi connectivity index (χ3v) is 5.84. The Morgan fingerprint density at radius 1 is 1.35 bits per heavy atom. The van der Waals surface area contributed by atoms with Crippen molar-refractivity contribution in [2.75, 3.05) is 18.4 Å². The molecule has 1 aromatic carbocycles. The first-order valence-electron chi connectivity index (χ1n) is 8.48. The molecule has 23 heavy (non-hydrogen) atoms. The van der Waals surface area contributed by atoms with Gasteiger partial charge in [0.15, 0.2) is 0 Å². The van der Waals surface area contributed by atoms with Gasteiger partial charge in [0.05, 0.1) is 6.54 Å². The van der Waals surface area contributed by atoms with Crippen LogP contribution in [0.25, 0.3) is 0 Å². The molecule has 1 N–H and O–H groups in total.